The third-order valence-corrected chi connectivity index (χ3v) is 6.73. The zero-order valence-corrected chi connectivity index (χ0v) is 17.2. The summed E-state index contributed by atoms with van der Waals surface area (Å²) in [7, 11) is 0.301. The van der Waals surface area contributed by atoms with E-state index in [-0.39, 0.29) is 17.1 Å². The van der Waals surface area contributed by atoms with Gasteiger partial charge in [-0.1, -0.05) is 12.1 Å². The van der Waals surface area contributed by atoms with Crippen LogP contribution in [0, 0.1) is 0 Å². The predicted molar refractivity (Wildman–Crippen MR) is 105 cm³/mol. The van der Waals surface area contributed by atoms with Crippen LogP contribution in [0.4, 0.5) is 5.69 Å². The lowest BCUT2D eigenvalue weighted by atomic mass is 10.2. The Balaban J connectivity index is 1.86. The van der Waals surface area contributed by atoms with Gasteiger partial charge in [0.1, 0.15) is 22.4 Å². The molecular weight excluding hydrogens is 398 g/mol. The number of methoxy groups -OCH3 is 2. The second kappa shape index (κ2) is 8.26. The molecular formula is C19H23N3O6S. The van der Waals surface area contributed by atoms with Crippen LogP contribution >= 0.6 is 0 Å². The summed E-state index contributed by atoms with van der Waals surface area (Å²) in [6.45, 7) is 0.217. The maximum absolute atomic E-state index is 13.2. The van der Waals surface area contributed by atoms with E-state index in [9.17, 15) is 18.0 Å². The highest BCUT2D eigenvalue weighted by atomic mass is 32.2. The Morgan fingerprint density at radius 1 is 1.21 bits per heavy atom. The molecule has 3 rings (SSSR count). The summed E-state index contributed by atoms with van der Waals surface area (Å²) in [5, 5.41) is 2.75. The van der Waals surface area contributed by atoms with Crippen LogP contribution in [0.15, 0.2) is 41.4 Å². The molecule has 0 aliphatic carbocycles. The van der Waals surface area contributed by atoms with Crippen molar-refractivity contribution in [2.45, 2.75) is 23.8 Å². The van der Waals surface area contributed by atoms with Crippen LogP contribution in [-0.4, -0.2) is 56.0 Å². The molecule has 0 spiro atoms. The Bertz CT molecular complexity index is 1030. The van der Waals surface area contributed by atoms with Gasteiger partial charge in [-0.3, -0.25) is 4.79 Å². The summed E-state index contributed by atoms with van der Waals surface area (Å²) >= 11 is 0. The molecule has 2 aromatic rings. The van der Waals surface area contributed by atoms with E-state index in [1.54, 1.807) is 31.3 Å². The van der Waals surface area contributed by atoms with Gasteiger partial charge in [0.15, 0.2) is 0 Å². The number of sulfonamides is 1. The summed E-state index contributed by atoms with van der Waals surface area (Å²) in [6.07, 6.45) is 2.30. The van der Waals surface area contributed by atoms with Crippen LogP contribution < -0.4 is 10.1 Å². The standard InChI is InChI=1S/C19H23N3O6S/c1-21-12-13(11-16(21)19(24)28-3)29(25,26)22-10-6-8-15(22)18(23)20-14-7-4-5-9-17(14)27-2/h4-5,7,9,11-12,15H,6,8,10H2,1-3H3,(H,20,23). The quantitative estimate of drug-likeness (QED) is 0.710. The highest BCUT2D eigenvalue weighted by Gasteiger charge is 2.40. The number of benzene rings is 1. The number of hydrogen-bond donors (Lipinski definition) is 1. The van der Waals surface area contributed by atoms with E-state index in [1.165, 1.54) is 35.4 Å². The first-order chi connectivity index (χ1) is 13.8. The average molecular weight is 421 g/mol. The second-order valence-corrected chi connectivity index (χ2v) is 8.52. The molecule has 1 saturated heterocycles. The van der Waals surface area contributed by atoms with Crippen molar-refractivity contribution < 1.29 is 27.5 Å². The predicted octanol–water partition coefficient (Wildman–Crippen LogP) is 1.61. The van der Waals surface area contributed by atoms with Crippen LogP contribution in [0.2, 0.25) is 0 Å². The number of amides is 1. The fourth-order valence-corrected chi connectivity index (χ4v) is 5.10. The van der Waals surface area contributed by atoms with Crippen molar-refractivity contribution >= 4 is 27.6 Å². The summed E-state index contributed by atoms with van der Waals surface area (Å²) in [5.74, 6) is -0.584. The van der Waals surface area contributed by atoms with Gasteiger partial charge in [-0.05, 0) is 31.0 Å². The zero-order valence-electron chi connectivity index (χ0n) is 16.4. The SMILES string of the molecule is COC(=O)c1cc(S(=O)(=O)N2CCCC2C(=O)Nc2ccccc2OC)cn1C. The van der Waals surface area contributed by atoms with Crippen LogP contribution in [0.5, 0.6) is 5.75 Å². The van der Waals surface area contributed by atoms with Crippen molar-refractivity contribution in [1.82, 2.24) is 8.87 Å². The Kier molecular flexibility index (Phi) is 5.94. The van der Waals surface area contributed by atoms with E-state index in [4.69, 9.17) is 4.74 Å². The van der Waals surface area contributed by atoms with Crippen molar-refractivity contribution in [3.05, 3.63) is 42.2 Å². The second-order valence-electron chi connectivity index (χ2n) is 6.63. The Labute approximate surface area is 169 Å². The Morgan fingerprint density at radius 2 is 1.93 bits per heavy atom. The maximum Gasteiger partial charge on any atom is 0.354 e. The largest absolute Gasteiger partial charge is 0.495 e. The fraction of sp³-hybridized carbons (Fsp3) is 0.368. The molecule has 9 nitrogen and oxygen atoms in total. The van der Waals surface area contributed by atoms with Crippen molar-refractivity contribution in [3.8, 4) is 5.75 Å². The molecule has 0 saturated carbocycles. The smallest absolute Gasteiger partial charge is 0.354 e. The molecule has 1 N–H and O–H groups in total. The van der Waals surface area contributed by atoms with E-state index in [1.807, 2.05) is 0 Å². The number of hydrogen-bond acceptors (Lipinski definition) is 6. The van der Waals surface area contributed by atoms with Crippen molar-refractivity contribution in [3.63, 3.8) is 0 Å². The number of nitrogens with zero attached hydrogens (tertiary/aromatic N) is 2. The lowest BCUT2D eigenvalue weighted by Gasteiger charge is -2.23. The summed E-state index contributed by atoms with van der Waals surface area (Å²) in [5.41, 5.74) is 0.581. The van der Waals surface area contributed by atoms with Crippen LogP contribution in [0.25, 0.3) is 0 Å². The molecule has 1 aromatic carbocycles. The van der Waals surface area contributed by atoms with E-state index in [0.717, 1.165) is 0 Å². The molecule has 1 atom stereocenters. The van der Waals surface area contributed by atoms with Crippen molar-refractivity contribution in [1.29, 1.82) is 0 Å². The van der Waals surface area contributed by atoms with E-state index < -0.39 is 27.9 Å². The highest BCUT2D eigenvalue weighted by Crippen LogP contribution is 2.29. The third-order valence-electron chi connectivity index (χ3n) is 4.85. The molecule has 1 aliphatic heterocycles. The van der Waals surface area contributed by atoms with Gasteiger partial charge in [-0.15, -0.1) is 0 Å². The normalized spacial score (nSPS) is 17.1. The first-order valence-corrected chi connectivity index (χ1v) is 10.4. The minimum absolute atomic E-state index is 0.0580. The molecule has 10 heteroatoms. The number of aryl methyl sites for hydroxylation is 1. The molecule has 29 heavy (non-hydrogen) atoms. The monoisotopic (exact) mass is 421 g/mol. The van der Waals surface area contributed by atoms with Gasteiger partial charge in [0.05, 0.1) is 19.9 Å². The topological polar surface area (TPSA) is 107 Å². The number of anilines is 1. The highest BCUT2D eigenvalue weighted by molar-refractivity contribution is 7.89. The molecule has 1 unspecified atom stereocenters. The number of esters is 1. The summed E-state index contributed by atoms with van der Waals surface area (Å²) in [6, 6.07) is 7.32. The van der Waals surface area contributed by atoms with Gasteiger partial charge in [-0.2, -0.15) is 4.31 Å². The first kappa shape index (κ1) is 20.9. The molecule has 156 valence electrons. The molecule has 1 amide bonds. The summed E-state index contributed by atoms with van der Waals surface area (Å²) < 4.78 is 38.8. The van der Waals surface area contributed by atoms with Gasteiger partial charge in [0, 0.05) is 19.8 Å². The number of aromatic nitrogens is 1. The van der Waals surface area contributed by atoms with Crippen LogP contribution in [-0.2, 0) is 26.6 Å². The number of ether oxygens (including phenoxy) is 2. The average Bonchev–Trinajstić information content (AvgIpc) is 3.35. The van der Waals surface area contributed by atoms with Crippen molar-refractivity contribution in [2.24, 2.45) is 7.05 Å². The van der Waals surface area contributed by atoms with E-state index >= 15 is 0 Å². The molecule has 2 heterocycles. The molecule has 0 radical (unpaired) electrons. The van der Waals surface area contributed by atoms with Gasteiger partial charge in [0.25, 0.3) is 0 Å². The van der Waals surface area contributed by atoms with Gasteiger partial charge < -0.3 is 19.4 Å². The van der Waals surface area contributed by atoms with Gasteiger partial charge in [-0.25, -0.2) is 13.2 Å². The number of rotatable bonds is 6. The molecule has 1 aromatic heterocycles. The third kappa shape index (κ3) is 3.99. The zero-order chi connectivity index (χ0) is 21.2. The van der Waals surface area contributed by atoms with Crippen LogP contribution in [0.3, 0.4) is 0 Å². The fourth-order valence-electron chi connectivity index (χ4n) is 3.37. The van der Waals surface area contributed by atoms with E-state index in [0.29, 0.717) is 24.3 Å². The number of nitrogens with one attached hydrogen (secondary N) is 1. The molecule has 0 bridgehead atoms. The minimum Gasteiger partial charge on any atom is -0.495 e. The lowest BCUT2D eigenvalue weighted by molar-refractivity contribution is -0.119. The number of carbonyl (C=O) groups is 2. The Hall–Kier alpha value is -2.85. The maximum atomic E-state index is 13.2. The summed E-state index contributed by atoms with van der Waals surface area (Å²) in [4.78, 5) is 24.6. The van der Waals surface area contributed by atoms with E-state index in [2.05, 4.69) is 10.1 Å². The van der Waals surface area contributed by atoms with Crippen LogP contribution in [0.1, 0.15) is 23.3 Å². The number of para-hydroxylation sites is 2. The minimum atomic E-state index is -3.97. The van der Waals surface area contributed by atoms with Gasteiger partial charge >= 0.3 is 5.97 Å². The van der Waals surface area contributed by atoms with Crippen molar-refractivity contribution in [2.75, 3.05) is 26.1 Å². The van der Waals surface area contributed by atoms with Gasteiger partial charge in [0.2, 0.25) is 15.9 Å². The molecule has 1 fully saturated rings. The Morgan fingerprint density at radius 3 is 2.62 bits per heavy atom. The number of carbonyl (C=O) groups excluding carboxylic acids is 2. The first-order valence-electron chi connectivity index (χ1n) is 9.00. The molecule has 1 aliphatic rings. The lowest BCUT2D eigenvalue weighted by Crippen LogP contribution is -2.43.